The number of unbranched alkanes of at least 4 members (excludes halogenated alkanes) is 1. The van der Waals surface area contributed by atoms with E-state index in [0.29, 0.717) is 13.0 Å². The van der Waals surface area contributed by atoms with Gasteiger partial charge in [-0.25, -0.2) is 0 Å². The molecule has 2 unspecified atom stereocenters. The molecule has 2 aromatic heterocycles. The Balaban J connectivity index is 1.61. The van der Waals surface area contributed by atoms with Crippen molar-refractivity contribution in [2.24, 2.45) is 11.7 Å². The first kappa shape index (κ1) is 35.6. The minimum atomic E-state index is -1.15. The monoisotopic (exact) mass is 659 g/mol. The van der Waals surface area contributed by atoms with Crippen LogP contribution in [0.5, 0.6) is 0 Å². The molecule has 49 heavy (non-hydrogen) atoms. The lowest BCUT2D eigenvalue weighted by Crippen LogP contribution is -2.46. The summed E-state index contributed by atoms with van der Waals surface area (Å²) in [6.45, 7) is 12.1. The fourth-order valence-electron chi connectivity index (χ4n) is 6.80. The van der Waals surface area contributed by atoms with Gasteiger partial charge in [-0.15, -0.1) is 0 Å². The number of nitrogens with one attached hydrogen (secondary N) is 1. The first-order chi connectivity index (χ1) is 23.4. The number of benzene rings is 3. The summed E-state index contributed by atoms with van der Waals surface area (Å²) >= 11 is 0. The van der Waals surface area contributed by atoms with Crippen LogP contribution in [0.2, 0.25) is 0 Å². The van der Waals surface area contributed by atoms with Crippen molar-refractivity contribution in [1.82, 2.24) is 9.97 Å². The van der Waals surface area contributed by atoms with Crippen LogP contribution in [0.1, 0.15) is 80.3 Å². The number of carbonyl (C=O) groups excluding carboxylic acids is 2. The van der Waals surface area contributed by atoms with Crippen LogP contribution in [0.25, 0.3) is 22.2 Å². The Hall–Kier alpha value is -4.75. The third kappa shape index (κ3) is 8.11. The molecule has 0 saturated carbocycles. The van der Waals surface area contributed by atoms with Gasteiger partial charge < -0.3 is 20.2 Å². The molecule has 5 rings (SSSR count). The first-order valence-electron chi connectivity index (χ1n) is 17.2. The molecule has 0 bridgehead atoms. The highest BCUT2D eigenvalue weighted by Gasteiger charge is 2.42. The fourth-order valence-corrected chi connectivity index (χ4v) is 6.80. The number of carbonyl (C=O) groups is 2. The molecule has 3 N–H and O–H groups in total. The van der Waals surface area contributed by atoms with Gasteiger partial charge in [-0.2, -0.15) is 0 Å². The van der Waals surface area contributed by atoms with Gasteiger partial charge in [0, 0.05) is 28.9 Å². The zero-order chi connectivity index (χ0) is 35.2. The fraction of sp³-hybridized carbons (Fsp3) is 0.357. The number of hydrogen-bond donors (Lipinski definition) is 2. The van der Waals surface area contributed by atoms with Crippen molar-refractivity contribution >= 4 is 22.8 Å². The molecule has 256 valence electrons. The minimum absolute atomic E-state index is 0.166. The largest absolute Gasteiger partial charge is 0.465 e. The van der Waals surface area contributed by atoms with Gasteiger partial charge in [0.25, 0.3) is 0 Å². The number of rotatable bonds is 14. The lowest BCUT2D eigenvalue weighted by Gasteiger charge is -2.34. The molecule has 2 heterocycles. The second-order valence-electron chi connectivity index (χ2n) is 13.9. The van der Waals surface area contributed by atoms with Gasteiger partial charge in [-0.1, -0.05) is 60.0 Å². The Morgan fingerprint density at radius 2 is 1.55 bits per heavy atom. The number of fused-ring (bicyclic) bond motifs is 1. The Morgan fingerprint density at radius 1 is 0.857 bits per heavy atom. The van der Waals surface area contributed by atoms with Crippen molar-refractivity contribution in [3.63, 3.8) is 0 Å². The summed E-state index contributed by atoms with van der Waals surface area (Å²) in [6.07, 6.45) is 6.69. The molecule has 0 amide bonds. The molecule has 0 spiro atoms. The molecule has 5 aromatic rings. The number of aromatic nitrogens is 2. The van der Waals surface area contributed by atoms with E-state index in [-0.39, 0.29) is 18.5 Å². The van der Waals surface area contributed by atoms with E-state index in [1.54, 1.807) is 12.4 Å². The topological polar surface area (TPSA) is 107 Å². The van der Waals surface area contributed by atoms with Crippen LogP contribution < -0.4 is 5.73 Å². The Bertz CT molecular complexity index is 1870. The molecular weight excluding hydrogens is 610 g/mol. The standard InChI is InChI=1S/C42H49N3O4/c1-7-48-40(47)41(4,5)33-17-18-36-34(26-33)37(38(45-36)32-24-28(2)23-29(3)25-32)42(6,43)35(16-12-11-13-30-19-21-44-22-20-30)39(46)49-27-31-14-9-8-10-15-31/h8-10,14-15,17-26,35,45H,7,11-13,16,27,43H2,1-6H3. The van der Waals surface area contributed by atoms with E-state index < -0.39 is 16.9 Å². The molecular formula is C42H49N3O4. The van der Waals surface area contributed by atoms with Crippen LogP contribution >= 0.6 is 0 Å². The van der Waals surface area contributed by atoms with Crippen LogP contribution in [0.4, 0.5) is 0 Å². The number of nitrogens with zero attached hydrogens (tertiary/aromatic N) is 1. The summed E-state index contributed by atoms with van der Waals surface area (Å²) in [4.78, 5) is 35.1. The predicted molar refractivity (Wildman–Crippen MR) is 196 cm³/mol. The van der Waals surface area contributed by atoms with Crippen LogP contribution in [-0.2, 0) is 43.0 Å². The van der Waals surface area contributed by atoms with Crippen LogP contribution in [0.3, 0.4) is 0 Å². The summed E-state index contributed by atoms with van der Waals surface area (Å²) in [5.74, 6) is -1.28. The molecule has 2 atom stereocenters. The van der Waals surface area contributed by atoms with Crippen molar-refractivity contribution in [3.8, 4) is 11.3 Å². The van der Waals surface area contributed by atoms with Crippen molar-refractivity contribution in [3.05, 3.63) is 125 Å². The Kier molecular flexibility index (Phi) is 11.0. The second-order valence-corrected chi connectivity index (χ2v) is 13.9. The summed E-state index contributed by atoms with van der Waals surface area (Å²) in [6, 6.07) is 26.2. The number of esters is 2. The maximum absolute atomic E-state index is 14.2. The zero-order valence-electron chi connectivity index (χ0n) is 29.6. The zero-order valence-corrected chi connectivity index (χ0v) is 29.6. The smallest absolute Gasteiger partial charge is 0.315 e. The molecule has 0 aliphatic heterocycles. The molecule has 0 fully saturated rings. The molecule has 0 aliphatic carbocycles. The van der Waals surface area contributed by atoms with Gasteiger partial charge in [0.05, 0.1) is 29.2 Å². The number of aryl methyl sites for hydroxylation is 3. The third-order valence-corrected chi connectivity index (χ3v) is 9.54. The SMILES string of the molecule is CCOC(=O)C(C)(C)c1ccc2[nH]c(-c3cc(C)cc(C)c3)c(C(C)(N)C(CCCCc3ccncc3)C(=O)OCc3ccccc3)c2c1. The van der Waals surface area contributed by atoms with Crippen LogP contribution in [-0.4, -0.2) is 28.5 Å². The molecule has 7 nitrogen and oxygen atoms in total. The Labute approximate surface area is 290 Å². The van der Waals surface area contributed by atoms with Crippen molar-refractivity contribution in [2.75, 3.05) is 6.61 Å². The van der Waals surface area contributed by atoms with Crippen molar-refractivity contribution in [2.45, 2.75) is 84.8 Å². The lowest BCUT2D eigenvalue weighted by molar-refractivity contribution is -0.153. The average Bonchev–Trinajstić information content (AvgIpc) is 3.48. The second kappa shape index (κ2) is 15.2. The molecule has 0 aliphatic rings. The summed E-state index contributed by atoms with van der Waals surface area (Å²) in [5.41, 5.74) is 14.2. The van der Waals surface area contributed by atoms with Gasteiger partial charge >= 0.3 is 11.9 Å². The lowest BCUT2D eigenvalue weighted by atomic mass is 9.75. The third-order valence-electron chi connectivity index (χ3n) is 9.54. The van der Waals surface area contributed by atoms with E-state index in [9.17, 15) is 9.59 Å². The highest BCUT2D eigenvalue weighted by molar-refractivity contribution is 5.95. The number of pyridine rings is 1. The number of aromatic amines is 1. The maximum Gasteiger partial charge on any atom is 0.315 e. The van der Waals surface area contributed by atoms with Gasteiger partial charge in [-0.3, -0.25) is 14.6 Å². The van der Waals surface area contributed by atoms with Gasteiger partial charge in [0.1, 0.15) is 6.61 Å². The van der Waals surface area contributed by atoms with E-state index in [1.165, 1.54) is 5.56 Å². The number of ether oxygens (including phenoxy) is 2. The normalized spacial score (nSPS) is 13.5. The predicted octanol–water partition coefficient (Wildman–Crippen LogP) is 8.63. The van der Waals surface area contributed by atoms with E-state index in [2.05, 4.69) is 42.0 Å². The first-order valence-corrected chi connectivity index (χ1v) is 17.2. The average molecular weight is 660 g/mol. The maximum atomic E-state index is 14.2. The Morgan fingerprint density at radius 3 is 2.22 bits per heavy atom. The summed E-state index contributed by atoms with van der Waals surface area (Å²) in [5, 5.41) is 0.867. The van der Waals surface area contributed by atoms with Gasteiger partial charge in [0.2, 0.25) is 0 Å². The molecule has 0 saturated heterocycles. The van der Waals surface area contributed by atoms with Crippen molar-refractivity contribution < 1.29 is 19.1 Å². The molecule has 7 heteroatoms. The quantitative estimate of drug-likeness (QED) is 0.0913. The minimum Gasteiger partial charge on any atom is -0.465 e. The van der Waals surface area contributed by atoms with Crippen molar-refractivity contribution in [1.29, 1.82) is 0 Å². The van der Waals surface area contributed by atoms with E-state index >= 15 is 0 Å². The highest BCUT2D eigenvalue weighted by atomic mass is 16.5. The summed E-state index contributed by atoms with van der Waals surface area (Å²) < 4.78 is 11.5. The number of hydrogen-bond acceptors (Lipinski definition) is 6. The number of nitrogens with two attached hydrogens (primary N) is 1. The summed E-state index contributed by atoms with van der Waals surface area (Å²) in [7, 11) is 0. The van der Waals surface area contributed by atoms with Crippen LogP contribution in [0, 0.1) is 19.8 Å². The van der Waals surface area contributed by atoms with Crippen LogP contribution in [0.15, 0.2) is 91.3 Å². The highest BCUT2D eigenvalue weighted by Crippen LogP contribution is 2.43. The number of H-pyrrole nitrogens is 1. The van der Waals surface area contributed by atoms with E-state index in [4.69, 9.17) is 15.2 Å². The molecule has 0 radical (unpaired) electrons. The van der Waals surface area contributed by atoms with Gasteiger partial charge in [0.15, 0.2) is 0 Å². The van der Waals surface area contributed by atoms with E-state index in [1.807, 2.05) is 88.4 Å². The van der Waals surface area contributed by atoms with Gasteiger partial charge in [-0.05, 0) is 119 Å². The van der Waals surface area contributed by atoms with E-state index in [0.717, 1.165) is 69.2 Å². The molecule has 3 aromatic carbocycles.